The molecule has 0 saturated heterocycles. The van der Waals surface area contributed by atoms with Gasteiger partial charge in [0, 0.05) is 30.8 Å². The minimum Gasteiger partial charge on any atom is -0.392 e. The van der Waals surface area contributed by atoms with E-state index in [1.807, 2.05) is 11.9 Å². The van der Waals surface area contributed by atoms with Gasteiger partial charge < -0.3 is 9.74 Å². The van der Waals surface area contributed by atoms with Crippen molar-refractivity contribution < 1.29 is 9.63 Å². The lowest BCUT2D eigenvalue weighted by molar-refractivity contribution is -0.135. The molecule has 1 atom stereocenters. The second-order valence-electron chi connectivity index (χ2n) is 7.46. The Morgan fingerprint density at radius 1 is 1.17 bits per heavy atom. The van der Waals surface area contributed by atoms with Gasteiger partial charge in [0.25, 0.3) is 0 Å². The maximum Gasteiger partial charge on any atom is 0.226 e. The Labute approximate surface area is 144 Å². The fourth-order valence-corrected chi connectivity index (χ4v) is 4.45. The highest BCUT2D eigenvalue weighted by Crippen LogP contribution is 2.32. The van der Waals surface area contributed by atoms with Crippen molar-refractivity contribution in [3.05, 3.63) is 0 Å². The molecule has 0 aromatic heterocycles. The molecule has 0 aromatic rings. The molecule has 0 bridgehead atoms. The highest BCUT2D eigenvalue weighted by molar-refractivity contribution is 6.20. The van der Waals surface area contributed by atoms with Crippen LogP contribution in [0.5, 0.6) is 0 Å². The van der Waals surface area contributed by atoms with E-state index in [4.69, 9.17) is 16.4 Å². The van der Waals surface area contributed by atoms with Crippen molar-refractivity contribution in [1.29, 1.82) is 0 Å². The Morgan fingerprint density at radius 3 is 2.57 bits per heavy atom. The normalized spacial score (nSPS) is 32.3. The van der Waals surface area contributed by atoms with E-state index < -0.39 is 0 Å². The van der Waals surface area contributed by atoms with E-state index in [1.165, 1.54) is 19.3 Å². The number of alkyl halides is 1. The van der Waals surface area contributed by atoms with Gasteiger partial charge >= 0.3 is 0 Å². The minimum atomic E-state index is -0.0581. The summed E-state index contributed by atoms with van der Waals surface area (Å²) in [6.45, 7) is 0. The number of amides is 1. The number of hydrogen-bond donors (Lipinski definition) is 0. The lowest BCUT2D eigenvalue weighted by Gasteiger charge is -2.31. The molecule has 130 valence electrons. The molecule has 3 aliphatic rings. The molecule has 0 spiro atoms. The summed E-state index contributed by atoms with van der Waals surface area (Å²) in [5, 5.41) is 4.62. The molecule has 2 saturated carbocycles. The summed E-state index contributed by atoms with van der Waals surface area (Å²) in [4.78, 5) is 20.0. The molecule has 23 heavy (non-hydrogen) atoms. The number of carbonyl (C=O) groups is 1. The van der Waals surface area contributed by atoms with Gasteiger partial charge in [0.05, 0.1) is 12.1 Å². The first kappa shape index (κ1) is 17.1. The van der Waals surface area contributed by atoms with Crippen LogP contribution < -0.4 is 0 Å². The summed E-state index contributed by atoms with van der Waals surface area (Å²) in [7, 11) is 1.96. The molecule has 3 rings (SSSR count). The SMILES string of the molecule is CN(C(=O)CC1CC(C2CCC(Cl)CC2)=NO1)C1CCCCC1. The Bertz CT molecular complexity index is 440. The van der Waals surface area contributed by atoms with Gasteiger partial charge in [0.15, 0.2) is 0 Å². The smallest absolute Gasteiger partial charge is 0.226 e. The zero-order valence-corrected chi connectivity index (χ0v) is 14.9. The fraction of sp³-hybridized carbons (Fsp3) is 0.889. The van der Waals surface area contributed by atoms with Crippen molar-refractivity contribution in [3.8, 4) is 0 Å². The standard InChI is InChI=1S/C18H29ClN2O2/c1-21(15-5-3-2-4-6-15)18(22)12-16-11-17(20-23-16)13-7-9-14(19)10-8-13/h13-16H,2-12H2,1H3. The molecule has 0 radical (unpaired) electrons. The molecule has 1 aliphatic heterocycles. The Kier molecular flexibility index (Phi) is 5.84. The Balaban J connectivity index is 1.44. The molecule has 2 fully saturated rings. The van der Waals surface area contributed by atoms with Crippen molar-refractivity contribution in [3.63, 3.8) is 0 Å². The van der Waals surface area contributed by atoms with E-state index in [9.17, 15) is 4.79 Å². The van der Waals surface area contributed by atoms with Gasteiger partial charge in [-0.05, 0) is 38.5 Å². The molecule has 0 aromatic carbocycles. The molecular weight excluding hydrogens is 312 g/mol. The maximum absolute atomic E-state index is 12.5. The quantitative estimate of drug-likeness (QED) is 0.723. The number of hydrogen-bond acceptors (Lipinski definition) is 3. The van der Waals surface area contributed by atoms with Gasteiger partial charge in [-0.3, -0.25) is 4.79 Å². The van der Waals surface area contributed by atoms with Crippen LogP contribution in [0.1, 0.15) is 70.6 Å². The van der Waals surface area contributed by atoms with Gasteiger partial charge in [-0.25, -0.2) is 0 Å². The average molecular weight is 341 g/mol. The van der Waals surface area contributed by atoms with Crippen LogP contribution in [0.25, 0.3) is 0 Å². The molecule has 2 aliphatic carbocycles. The number of carbonyl (C=O) groups excluding carboxylic acids is 1. The van der Waals surface area contributed by atoms with Crippen LogP contribution in [0, 0.1) is 5.92 Å². The molecule has 1 heterocycles. The highest BCUT2D eigenvalue weighted by Gasteiger charge is 2.32. The Hall–Kier alpha value is -0.770. The van der Waals surface area contributed by atoms with Gasteiger partial charge in [0.2, 0.25) is 5.91 Å². The third-order valence-electron chi connectivity index (χ3n) is 5.80. The van der Waals surface area contributed by atoms with E-state index in [2.05, 4.69) is 5.16 Å². The van der Waals surface area contributed by atoms with Crippen molar-refractivity contribution >= 4 is 23.2 Å². The van der Waals surface area contributed by atoms with Crippen LogP contribution >= 0.6 is 11.6 Å². The number of nitrogens with zero attached hydrogens (tertiary/aromatic N) is 2. The van der Waals surface area contributed by atoms with E-state index in [0.717, 1.165) is 50.7 Å². The van der Waals surface area contributed by atoms with Gasteiger partial charge in [-0.2, -0.15) is 0 Å². The van der Waals surface area contributed by atoms with E-state index >= 15 is 0 Å². The number of rotatable bonds is 4. The summed E-state index contributed by atoms with van der Waals surface area (Å²) in [6.07, 6.45) is 11.7. The second kappa shape index (κ2) is 7.87. The lowest BCUT2D eigenvalue weighted by atomic mass is 9.84. The third kappa shape index (κ3) is 4.40. The average Bonchev–Trinajstić information content (AvgIpc) is 3.04. The van der Waals surface area contributed by atoms with E-state index in [1.54, 1.807) is 0 Å². The van der Waals surface area contributed by atoms with Gasteiger partial charge in [-0.15, -0.1) is 11.6 Å². The van der Waals surface area contributed by atoms with Gasteiger partial charge in [-0.1, -0.05) is 24.4 Å². The molecule has 0 N–H and O–H groups in total. The monoisotopic (exact) mass is 340 g/mol. The van der Waals surface area contributed by atoms with Crippen LogP contribution in [0.3, 0.4) is 0 Å². The van der Waals surface area contributed by atoms with Crippen molar-refractivity contribution in [2.24, 2.45) is 11.1 Å². The second-order valence-corrected chi connectivity index (χ2v) is 8.08. The zero-order chi connectivity index (χ0) is 16.2. The molecule has 4 nitrogen and oxygen atoms in total. The Morgan fingerprint density at radius 2 is 1.87 bits per heavy atom. The van der Waals surface area contributed by atoms with Crippen LogP contribution in [0.4, 0.5) is 0 Å². The van der Waals surface area contributed by atoms with Crippen LogP contribution in [-0.4, -0.2) is 41.1 Å². The predicted molar refractivity (Wildman–Crippen MR) is 92.8 cm³/mol. The summed E-state index contributed by atoms with van der Waals surface area (Å²) < 4.78 is 0. The van der Waals surface area contributed by atoms with E-state index in [-0.39, 0.29) is 12.0 Å². The number of halogens is 1. The molecule has 1 unspecified atom stereocenters. The van der Waals surface area contributed by atoms with E-state index in [0.29, 0.717) is 23.8 Å². The summed E-state index contributed by atoms with van der Waals surface area (Å²) >= 11 is 6.17. The van der Waals surface area contributed by atoms with Crippen LogP contribution in [0.15, 0.2) is 5.16 Å². The first-order valence-corrected chi connectivity index (χ1v) is 9.69. The van der Waals surface area contributed by atoms with Crippen molar-refractivity contribution in [1.82, 2.24) is 4.90 Å². The summed E-state index contributed by atoms with van der Waals surface area (Å²) in [5.41, 5.74) is 1.16. The maximum atomic E-state index is 12.5. The first-order valence-electron chi connectivity index (χ1n) is 9.26. The predicted octanol–water partition coefficient (Wildman–Crippen LogP) is 4.11. The highest BCUT2D eigenvalue weighted by atomic mass is 35.5. The molecule has 1 amide bonds. The van der Waals surface area contributed by atoms with Crippen LogP contribution in [0.2, 0.25) is 0 Å². The van der Waals surface area contributed by atoms with Crippen molar-refractivity contribution in [2.45, 2.75) is 88.2 Å². The first-order chi connectivity index (χ1) is 11.1. The van der Waals surface area contributed by atoms with Crippen molar-refractivity contribution in [2.75, 3.05) is 7.05 Å². The molecular formula is C18H29ClN2O2. The van der Waals surface area contributed by atoms with Crippen LogP contribution in [-0.2, 0) is 9.63 Å². The number of oxime groups is 1. The minimum absolute atomic E-state index is 0.0581. The zero-order valence-electron chi connectivity index (χ0n) is 14.2. The summed E-state index contributed by atoms with van der Waals surface area (Å²) in [6, 6.07) is 0.428. The largest absolute Gasteiger partial charge is 0.392 e. The molecule has 5 heteroatoms. The lowest BCUT2D eigenvalue weighted by Crippen LogP contribution is -2.39. The third-order valence-corrected chi connectivity index (χ3v) is 6.24. The fourth-order valence-electron chi connectivity index (χ4n) is 4.20. The topological polar surface area (TPSA) is 41.9 Å². The van der Waals surface area contributed by atoms with Gasteiger partial charge in [0.1, 0.15) is 6.10 Å². The summed E-state index contributed by atoms with van der Waals surface area (Å²) in [5.74, 6) is 0.726.